The molecule has 3 heterocycles. The summed E-state index contributed by atoms with van der Waals surface area (Å²) in [4.78, 5) is 0. The van der Waals surface area contributed by atoms with Crippen LogP contribution in [0.5, 0.6) is 0 Å². The van der Waals surface area contributed by atoms with Crippen molar-refractivity contribution in [3.8, 4) is 0 Å². The molecule has 224 valence electrons. The summed E-state index contributed by atoms with van der Waals surface area (Å²) in [6.45, 7) is 24.7. The molecule has 8 atom stereocenters. The van der Waals surface area contributed by atoms with Gasteiger partial charge in [0, 0.05) is 0 Å². The summed E-state index contributed by atoms with van der Waals surface area (Å²) in [6.07, 6.45) is 6.58. The van der Waals surface area contributed by atoms with E-state index in [2.05, 4.69) is 39.5 Å². The van der Waals surface area contributed by atoms with Gasteiger partial charge < -0.3 is 47.4 Å². The summed E-state index contributed by atoms with van der Waals surface area (Å²) in [7, 11) is 0. The van der Waals surface area contributed by atoms with Crippen molar-refractivity contribution in [2.75, 3.05) is 66.1 Å². The molecule has 0 N–H and O–H groups in total. The van der Waals surface area contributed by atoms with E-state index in [0.717, 1.165) is 0 Å². The summed E-state index contributed by atoms with van der Waals surface area (Å²) in [5, 5.41) is 0. The van der Waals surface area contributed by atoms with Crippen LogP contribution in [0.25, 0.3) is 0 Å². The van der Waals surface area contributed by atoms with Crippen molar-refractivity contribution in [1.29, 1.82) is 0 Å². The molecule has 3 aliphatic heterocycles. The molecule has 0 saturated carbocycles. The van der Waals surface area contributed by atoms with Gasteiger partial charge in [-0.3, -0.25) is 0 Å². The van der Waals surface area contributed by atoms with E-state index in [-0.39, 0.29) is 52.9 Å². The summed E-state index contributed by atoms with van der Waals surface area (Å²) in [5.74, 6) is -2.60. The van der Waals surface area contributed by atoms with Crippen LogP contribution in [0.4, 0.5) is 0 Å². The lowest BCUT2D eigenvalue weighted by atomic mass is 10.0. The number of ether oxygens (including phenoxy) is 10. The van der Waals surface area contributed by atoms with Crippen molar-refractivity contribution in [2.45, 2.75) is 48.2 Å². The van der Waals surface area contributed by atoms with Crippen LogP contribution in [0.15, 0.2) is 75.9 Å². The van der Waals surface area contributed by atoms with E-state index in [1.165, 1.54) is 0 Å². The van der Waals surface area contributed by atoms with E-state index < -0.39 is 48.2 Å². The molecule has 0 bridgehead atoms. The van der Waals surface area contributed by atoms with Gasteiger partial charge in [-0.2, -0.15) is 0 Å². The van der Waals surface area contributed by atoms with Crippen LogP contribution in [0, 0.1) is 0 Å². The Morgan fingerprint density at radius 1 is 0.525 bits per heavy atom. The lowest BCUT2D eigenvalue weighted by Crippen LogP contribution is -2.63. The fourth-order valence-electron chi connectivity index (χ4n) is 4.99. The molecular weight excluding hydrogens is 520 g/mol. The van der Waals surface area contributed by atoms with Crippen LogP contribution in [0.3, 0.4) is 0 Å². The van der Waals surface area contributed by atoms with E-state index >= 15 is 0 Å². The highest BCUT2D eigenvalue weighted by molar-refractivity contribution is 5.06. The summed E-state index contributed by atoms with van der Waals surface area (Å²) >= 11 is 0. The van der Waals surface area contributed by atoms with Gasteiger partial charge in [-0.15, -0.1) is 39.5 Å². The summed E-state index contributed by atoms with van der Waals surface area (Å²) in [5.41, 5.74) is 0. The van der Waals surface area contributed by atoms with Crippen molar-refractivity contribution in [1.82, 2.24) is 0 Å². The van der Waals surface area contributed by atoms with E-state index in [1.54, 1.807) is 36.5 Å². The van der Waals surface area contributed by atoms with Crippen molar-refractivity contribution in [3.63, 3.8) is 0 Å². The fourth-order valence-corrected chi connectivity index (χ4v) is 4.99. The Balaban J connectivity index is 1.86. The minimum absolute atomic E-state index is 0.0386. The van der Waals surface area contributed by atoms with Crippen molar-refractivity contribution >= 4 is 0 Å². The normalized spacial score (nSPS) is 35.1. The molecule has 0 radical (unpaired) electrons. The van der Waals surface area contributed by atoms with Gasteiger partial charge in [-0.05, 0) is 0 Å². The average molecular weight is 565 g/mol. The van der Waals surface area contributed by atoms with Crippen molar-refractivity contribution in [2.24, 2.45) is 0 Å². The molecule has 3 saturated heterocycles. The van der Waals surface area contributed by atoms with Gasteiger partial charge in [0.05, 0.1) is 52.9 Å². The van der Waals surface area contributed by atoms with Crippen LogP contribution >= 0.6 is 0 Å². The van der Waals surface area contributed by atoms with Gasteiger partial charge >= 0.3 is 0 Å². The fraction of sp³-hybridized carbons (Fsp3) is 0.600. The van der Waals surface area contributed by atoms with Gasteiger partial charge in [-0.25, -0.2) is 0 Å². The van der Waals surface area contributed by atoms with Crippen LogP contribution in [0.2, 0.25) is 0 Å². The molecule has 0 aromatic rings. The van der Waals surface area contributed by atoms with E-state index in [1.807, 2.05) is 0 Å². The third-order valence-corrected chi connectivity index (χ3v) is 6.57. The van der Waals surface area contributed by atoms with Gasteiger partial charge in [0.2, 0.25) is 11.6 Å². The molecule has 3 fully saturated rings. The lowest BCUT2D eigenvalue weighted by molar-refractivity contribution is -0.404. The third-order valence-electron chi connectivity index (χ3n) is 6.57. The van der Waals surface area contributed by atoms with Gasteiger partial charge in [0.25, 0.3) is 0 Å². The Morgan fingerprint density at radius 2 is 0.875 bits per heavy atom. The molecule has 0 unspecified atom stereocenters. The molecule has 10 nitrogen and oxygen atoms in total. The number of hydrogen-bond donors (Lipinski definition) is 0. The Bertz CT molecular complexity index is 768. The first-order valence-electron chi connectivity index (χ1n) is 13.5. The predicted molar refractivity (Wildman–Crippen MR) is 149 cm³/mol. The number of rotatable bonds is 20. The molecule has 0 aromatic heterocycles. The lowest BCUT2D eigenvalue weighted by Gasteiger charge is -2.46. The molecule has 2 spiro atoms. The minimum atomic E-state index is -1.30. The van der Waals surface area contributed by atoms with Crippen LogP contribution in [0.1, 0.15) is 0 Å². The van der Waals surface area contributed by atoms with E-state index in [0.29, 0.717) is 13.2 Å². The molecule has 40 heavy (non-hydrogen) atoms. The van der Waals surface area contributed by atoms with Gasteiger partial charge in [-0.1, -0.05) is 36.5 Å². The first-order chi connectivity index (χ1) is 19.5. The standard InChI is InChI=1S/C30H44O10/c1-7-13-31-19-23-25(33-15-9-3)27(35-17-11-5)29(39-23)21-38-30(22-37-29)28(36-18-12-6)26(34-16-10-4)24(40-30)20-32-14-8-2/h7-12,23-28H,1-6,13-22H2/t23-,24-,25-,26-,27+,28+,29-,30+/m1/s1. The molecule has 0 aliphatic carbocycles. The second kappa shape index (κ2) is 16.5. The van der Waals surface area contributed by atoms with Crippen LogP contribution < -0.4 is 0 Å². The Hall–Kier alpha value is -1.96. The molecular formula is C30H44O10. The topological polar surface area (TPSA) is 92.3 Å². The maximum absolute atomic E-state index is 6.51. The third kappa shape index (κ3) is 7.65. The van der Waals surface area contributed by atoms with Crippen LogP contribution in [-0.2, 0) is 47.4 Å². The quantitative estimate of drug-likeness (QED) is 0.162. The zero-order valence-corrected chi connectivity index (χ0v) is 23.3. The molecule has 3 aliphatic rings. The smallest absolute Gasteiger partial charge is 0.222 e. The highest BCUT2D eigenvalue weighted by atomic mass is 16.8. The van der Waals surface area contributed by atoms with Gasteiger partial charge in [0.1, 0.15) is 49.8 Å². The highest BCUT2D eigenvalue weighted by Gasteiger charge is 2.66. The summed E-state index contributed by atoms with van der Waals surface area (Å²) in [6, 6.07) is 0. The maximum Gasteiger partial charge on any atom is 0.222 e. The largest absolute Gasteiger partial charge is 0.375 e. The zero-order valence-electron chi connectivity index (χ0n) is 23.3. The Morgan fingerprint density at radius 3 is 1.20 bits per heavy atom. The summed E-state index contributed by atoms with van der Waals surface area (Å²) < 4.78 is 61.9. The van der Waals surface area contributed by atoms with Gasteiger partial charge in [0.15, 0.2) is 0 Å². The zero-order chi connectivity index (χ0) is 28.8. The Kier molecular flexibility index (Phi) is 13.4. The maximum atomic E-state index is 6.51. The monoisotopic (exact) mass is 564 g/mol. The van der Waals surface area contributed by atoms with Crippen molar-refractivity contribution in [3.05, 3.63) is 75.9 Å². The van der Waals surface area contributed by atoms with Crippen molar-refractivity contribution < 1.29 is 47.4 Å². The predicted octanol–water partition coefficient (Wildman–Crippen LogP) is 2.91. The second-order valence-corrected chi connectivity index (χ2v) is 9.42. The van der Waals surface area contributed by atoms with Crippen LogP contribution in [-0.4, -0.2) is 114 Å². The molecule has 0 aromatic carbocycles. The molecule has 10 heteroatoms. The first-order valence-corrected chi connectivity index (χ1v) is 13.5. The minimum Gasteiger partial charge on any atom is -0.375 e. The van der Waals surface area contributed by atoms with E-state index in [9.17, 15) is 0 Å². The second-order valence-electron chi connectivity index (χ2n) is 9.42. The first kappa shape index (κ1) is 32.6. The SMILES string of the molecule is C=CCOC[C@H]1O[C@@]2(CO[C@]3(CO2)O[C@H](COCC=C)[C@@H](OCC=C)[C@@H]3OCC=C)[C@@H](OCC=C)[C@@H]1OCC=C. The molecule has 3 rings (SSSR count). The number of hydrogen-bond acceptors (Lipinski definition) is 10. The molecule has 0 amide bonds. The highest BCUT2D eigenvalue weighted by Crippen LogP contribution is 2.46. The Labute approximate surface area is 237 Å². The van der Waals surface area contributed by atoms with E-state index in [4.69, 9.17) is 47.4 Å². The average Bonchev–Trinajstić information content (AvgIpc) is 3.41.